The Morgan fingerprint density at radius 1 is 1.12 bits per heavy atom. The molecule has 0 N–H and O–H groups in total. The Morgan fingerprint density at radius 2 is 1.79 bits per heavy atom. The number of ether oxygens (including phenoxy) is 2. The van der Waals surface area contributed by atoms with Gasteiger partial charge >= 0.3 is 0 Å². The maximum Gasteiger partial charge on any atom is 0.281 e. The van der Waals surface area contributed by atoms with E-state index in [1.165, 1.54) is 13.2 Å². The zero-order valence-electron chi connectivity index (χ0n) is 19.5. The fraction of sp³-hybridized carbons (Fsp3) is 0.455. The summed E-state index contributed by atoms with van der Waals surface area (Å²) >= 11 is 12.2. The lowest BCUT2D eigenvalue weighted by Crippen LogP contribution is -2.51. The van der Waals surface area contributed by atoms with Crippen molar-refractivity contribution in [3.05, 3.63) is 38.2 Å². The normalized spacial score (nSPS) is 14.1. The molecule has 182 valence electrons. The van der Waals surface area contributed by atoms with Gasteiger partial charge in [-0.3, -0.25) is 18.8 Å². The lowest BCUT2D eigenvalue weighted by molar-refractivity contribution is -0.133. The molecule has 0 atom stereocenters. The van der Waals surface area contributed by atoms with Gasteiger partial charge in [0.1, 0.15) is 17.0 Å². The van der Waals surface area contributed by atoms with Gasteiger partial charge in [-0.05, 0) is 19.9 Å². The van der Waals surface area contributed by atoms with Crippen LogP contribution < -0.4 is 19.9 Å². The molecular formula is C22H26Cl2N6O4. The molecule has 1 aromatic carbocycles. The molecule has 0 aliphatic carbocycles. The first-order valence-electron chi connectivity index (χ1n) is 10.9. The van der Waals surface area contributed by atoms with Gasteiger partial charge in [0.15, 0.2) is 12.1 Å². The monoisotopic (exact) mass is 508 g/mol. The summed E-state index contributed by atoms with van der Waals surface area (Å²) in [5.74, 6) is 1.17. The summed E-state index contributed by atoms with van der Waals surface area (Å²) in [6.45, 7) is 6.11. The lowest BCUT2D eigenvalue weighted by Gasteiger charge is -2.36. The summed E-state index contributed by atoms with van der Waals surface area (Å²) in [5, 5.41) is 5.01. The van der Waals surface area contributed by atoms with Gasteiger partial charge in [0.2, 0.25) is 5.95 Å². The van der Waals surface area contributed by atoms with Crippen LogP contribution in [0.25, 0.3) is 11.0 Å². The Bertz CT molecular complexity index is 1300. The third-order valence-corrected chi connectivity index (χ3v) is 6.47. The highest BCUT2D eigenvalue weighted by Crippen LogP contribution is 2.35. The molecule has 10 nitrogen and oxygen atoms in total. The number of rotatable bonds is 6. The molecular weight excluding hydrogens is 483 g/mol. The molecule has 3 heterocycles. The molecule has 2 aromatic heterocycles. The molecule has 12 heteroatoms. The van der Waals surface area contributed by atoms with Crippen LogP contribution in [-0.4, -0.2) is 70.0 Å². The fourth-order valence-corrected chi connectivity index (χ4v) is 4.61. The summed E-state index contributed by atoms with van der Waals surface area (Å²) in [7, 11) is 3.24. The van der Waals surface area contributed by atoms with E-state index in [-0.39, 0.29) is 18.1 Å². The number of aryl methyl sites for hydroxylation is 2. The minimum absolute atomic E-state index is 0.118. The number of carbonyl (C=O) groups excluding carboxylic acids is 1. The second-order valence-corrected chi connectivity index (χ2v) is 8.76. The summed E-state index contributed by atoms with van der Waals surface area (Å²) in [4.78, 5) is 34.3. The topological polar surface area (TPSA) is 94.7 Å². The number of piperazine rings is 1. The number of hydrogen-bond acceptors (Lipinski definition) is 7. The lowest BCUT2D eigenvalue weighted by atomic mass is 10.3. The Labute approximate surface area is 206 Å². The Hall–Kier alpha value is -2.98. The number of benzene rings is 1. The highest BCUT2D eigenvalue weighted by atomic mass is 35.5. The van der Waals surface area contributed by atoms with Gasteiger partial charge in [0, 0.05) is 45.8 Å². The largest absolute Gasteiger partial charge is 0.495 e. The van der Waals surface area contributed by atoms with Gasteiger partial charge in [0.25, 0.3) is 11.5 Å². The highest BCUT2D eigenvalue weighted by molar-refractivity contribution is 6.36. The van der Waals surface area contributed by atoms with E-state index >= 15 is 0 Å². The van der Waals surface area contributed by atoms with Gasteiger partial charge in [0.05, 0.1) is 22.8 Å². The van der Waals surface area contributed by atoms with Crippen molar-refractivity contribution in [3.8, 4) is 11.5 Å². The maximum absolute atomic E-state index is 13.1. The van der Waals surface area contributed by atoms with Crippen molar-refractivity contribution >= 4 is 46.1 Å². The molecule has 1 fully saturated rings. The summed E-state index contributed by atoms with van der Waals surface area (Å²) < 4.78 is 14.0. The van der Waals surface area contributed by atoms with E-state index in [0.29, 0.717) is 76.9 Å². The molecule has 1 aliphatic rings. The van der Waals surface area contributed by atoms with E-state index in [9.17, 15) is 9.59 Å². The predicted octanol–water partition coefficient (Wildman–Crippen LogP) is 2.50. The van der Waals surface area contributed by atoms with Gasteiger partial charge in [-0.15, -0.1) is 0 Å². The molecule has 0 unspecified atom stereocenters. The van der Waals surface area contributed by atoms with E-state index in [1.54, 1.807) is 27.3 Å². The van der Waals surface area contributed by atoms with Crippen LogP contribution in [0.4, 0.5) is 5.95 Å². The second-order valence-electron chi connectivity index (χ2n) is 7.94. The van der Waals surface area contributed by atoms with Crippen LogP contribution >= 0.6 is 23.2 Å². The molecule has 0 bridgehead atoms. The van der Waals surface area contributed by atoms with Crippen molar-refractivity contribution in [1.82, 2.24) is 24.2 Å². The third kappa shape index (κ3) is 4.39. The van der Waals surface area contributed by atoms with Crippen molar-refractivity contribution in [2.45, 2.75) is 20.4 Å². The summed E-state index contributed by atoms with van der Waals surface area (Å²) in [6.07, 6.45) is 0. The number of halogens is 2. The molecule has 1 saturated heterocycles. The van der Waals surface area contributed by atoms with Gasteiger partial charge in [-0.1, -0.05) is 23.2 Å². The zero-order valence-corrected chi connectivity index (χ0v) is 21.0. The molecule has 4 rings (SSSR count). The molecule has 3 aromatic rings. The first-order valence-corrected chi connectivity index (χ1v) is 11.6. The van der Waals surface area contributed by atoms with E-state index in [2.05, 4.69) is 5.10 Å². The third-order valence-electron chi connectivity index (χ3n) is 5.88. The highest BCUT2D eigenvalue weighted by Gasteiger charge is 2.26. The van der Waals surface area contributed by atoms with Gasteiger partial charge in [-0.25, -0.2) is 4.98 Å². The SMILES string of the molecule is CCn1c(N2CCN(C(=O)COc3cc(OC)c(Cl)cc3Cl)CC2)nc2c(C)nn(C)c2c1=O. The molecule has 1 aliphatic heterocycles. The maximum atomic E-state index is 13.1. The minimum Gasteiger partial charge on any atom is -0.495 e. The number of methoxy groups -OCH3 is 1. The quantitative estimate of drug-likeness (QED) is 0.504. The number of fused-ring (bicyclic) bond motifs is 1. The average molecular weight is 509 g/mol. The van der Waals surface area contributed by atoms with Crippen molar-refractivity contribution in [2.24, 2.45) is 7.05 Å². The molecule has 34 heavy (non-hydrogen) atoms. The number of nitrogens with zero attached hydrogens (tertiary/aromatic N) is 6. The summed E-state index contributed by atoms with van der Waals surface area (Å²) in [6, 6.07) is 3.07. The van der Waals surface area contributed by atoms with Crippen LogP contribution in [0.15, 0.2) is 16.9 Å². The number of anilines is 1. The van der Waals surface area contributed by atoms with Gasteiger partial charge in [-0.2, -0.15) is 5.10 Å². The Morgan fingerprint density at radius 3 is 2.44 bits per heavy atom. The number of hydrogen-bond donors (Lipinski definition) is 0. The Balaban J connectivity index is 1.45. The number of aromatic nitrogens is 4. The van der Waals surface area contributed by atoms with Crippen molar-refractivity contribution < 1.29 is 14.3 Å². The van der Waals surface area contributed by atoms with Crippen LogP contribution in [0.5, 0.6) is 11.5 Å². The van der Waals surface area contributed by atoms with Crippen LogP contribution in [0.2, 0.25) is 10.0 Å². The average Bonchev–Trinajstić information content (AvgIpc) is 3.11. The van der Waals surface area contributed by atoms with E-state index < -0.39 is 0 Å². The fourth-order valence-electron chi connectivity index (χ4n) is 4.09. The van der Waals surface area contributed by atoms with Crippen LogP contribution in [0.3, 0.4) is 0 Å². The number of carbonyl (C=O) groups is 1. The number of amides is 1. The minimum atomic E-state index is -0.163. The second kappa shape index (κ2) is 9.71. The van der Waals surface area contributed by atoms with Crippen LogP contribution in [-0.2, 0) is 18.4 Å². The van der Waals surface area contributed by atoms with Crippen molar-refractivity contribution in [3.63, 3.8) is 0 Å². The van der Waals surface area contributed by atoms with Crippen molar-refractivity contribution in [1.29, 1.82) is 0 Å². The Kier molecular flexibility index (Phi) is 6.90. The first-order chi connectivity index (χ1) is 16.2. The van der Waals surface area contributed by atoms with E-state index in [1.807, 2.05) is 18.7 Å². The predicted molar refractivity (Wildman–Crippen MR) is 130 cm³/mol. The van der Waals surface area contributed by atoms with E-state index in [0.717, 1.165) is 0 Å². The smallest absolute Gasteiger partial charge is 0.281 e. The summed E-state index contributed by atoms with van der Waals surface area (Å²) in [5.41, 5.74) is 1.69. The van der Waals surface area contributed by atoms with Crippen LogP contribution in [0.1, 0.15) is 12.6 Å². The standard InChI is InChI=1S/C22H26Cl2N6O4/c1-5-30-21(32)20-19(13(2)26-27(20)3)25-22(30)29-8-6-28(7-9-29)18(31)12-34-17-11-16(33-4)14(23)10-15(17)24/h10-11H,5-9,12H2,1-4H3. The molecule has 0 saturated carbocycles. The molecule has 0 spiro atoms. The van der Waals surface area contributed by atoms with Crippen molar-refractivity contribution in [2.75, 3.05) is 44.8 Å². The molecule has 1 amide bonds. The van der Waals surface area contributed by atoms with Gasteiger partial charge < -0.3 is 19.3 Å². The zero-order chi connectivity index (χ0) is 24.6. The molecule has 0 radical (unpaired) electrons. The van der Waals surface area contributed by atoms with E-state index in [4.69, 9.17) is 37.7 Å². The first kappa shape index (κ1) is 24.2. The van der Waals surface area contributed by atoms with Crippen LogP contribution in [0, 0.1) is 6.92 Å².